The molecule has 0 saturated carbocycles. The Balaban J connectivity index is 2.07. The first kappa shape index (κ1) is 11.8. The number of nitrogens with zero attached hydrogens (tertiary/aromatic N) is 2. The van der Waals surface area contributed by atoms with Gasteiger partial charge in [-0.3, -0.25) is 0 Å². The normalized spacial score (nSPS) is 11.2. The molecule has 0 radical (unpaired) electrons. The van der Waals surface area contributed by atoms with Crippen LogP contribution in [0.25, 0.3) is 33.1 Å². The van der Waals surface area contributed by atoms with Crippen LogP contribution in [0.5, 0.6) is 0 Å². The van der Waals surface area contributed by atoms with Crippen molar-refractivity contribution in [2.24, 2.45) is 0 Å². The third kappa shape index (κ3) is 1.66. The van der Waals surface area contributed by atoms with Gasteiger partial charge in [0.25, 0.3) is 0 Å². The first-order valence-electron chi connectivity index (χ1n) is 6.65. The minimum atomic E-state index is 0.486. The molecule has 2 heterocycles. The Morgan fingerprint density at radius 1 is 0.857 bits per heavy atom. The molecule has 0 fully saturated rings. The molecule has 102 valence electrons. The Morgan fingerprint density at radius 3 is 2.52 bits per heavy atom. The molecule has 4 rings (SSSR count). The lowest BCUT2D eigenvalue weighted by Crippen LogP contribution is -2.29. The fourth-order valence-corrected chi connectivity index (χ4v) is 2.73. The van der Waals surface area contributed by atoms with Gasteiger partial charge in [-0.2, -0.15) is 4.73 Å². The van der Waals surface area contributed by atoms with Gasteiger partial charge in [-0.25, -0.2) is 0 Å². The topological polar surface area (TPSA) is 54.9 Å². The van der Waals surface area contributed by atoms with Crippen molar-refractivity contribution in [2.75, 3.05) is 0 Å². The minimum Gasteiger partial charge on any atom is -0.806 e. The SMILES string of the molecule is [O-]n1cc(-c2ccc3ccccc3[n+]2[O-])c2ccccc21. The zero-order valence-corrected chi connectivity index (χ0v) is 11.1. The van der Waals surface area contributed by atoms with E-state index < -0.39 is 0 Å². The molecule has 0 atom stereocenters. The zero-order chi connectivity index (χ0) is 14.4. The van der Waals surface area contributed by atoms with E-state index in [-0.39, 0.29) is 0 Å². The largest absolute Gasteiger partial charge is 0.806 e. The van der Waals surface area contributed by atoms with Gasteiger partial charge in [0.05, 0.1) is 5.56 Å². The van der Waals surface area contributed by atoms with Crippen LogP contribution < -0.4 is 4.73 Å². The molecule has 0 spiro atoms. The van der Waals surface area contributed by atoms with Gasteiger partial charge in [0.15, 0.2) is 0 Å². The lowest BCUT2D eigenvalue weighted by Gasteiger charge is -2.07. The zero-order valence-electron chi connectivity index (χ0n) is 11.1. The molecule has 2 aromatic heterocycles. The van der Waals surface area contributed by atoms with Crippen LogP contribution in [0.1, 0.15) is 0 Å². The van der Waals surface area contributed by atoms with E-state index in [0.717, 1.165) is 20.2 Å². The maximum atomic E-state index is 12.6. The van der Waals surface area contributed by atoms with Gasteiger partial charge in [-0.1, -0.05) is 30.3 Å². The molecule has 21 heavy (non-hydrogen) atoms. The van der Waals surface area contributed by atoms with Crippen LogP contribution in [0.4, 0.5) is 0 Å². The second-order valence-corrected chi connectivity index (χ2v) is 4.96. The van der Waals surface area contributed by atoms with Crippen molar-refractivity contribution >= 4 is 21.8 Å². The molecule has 2 aromatic carbocycles. The summed E-state index contributed by atoms with van der Waals surface area (Å²) in [6.07, 6.45) is 1.46. The summed E-state index contributed by atoms with van der Waals surface area (Å²) in [6, 6.07) is 18.3. The second-order valence-electron chi connectivity index (χ2n) is 4.96. The Hall–Kier alpha value is -3.01. The highest BCUT2D eigenvalue weighted by atomic mass is 16.5. The Morgan fingerprint density at radius 2 is 1.62 bits per heavy atom. The maximum absolute atomic E-state index is 12.6. The molecule has 0 amide bonds. The molecule has 4 nitrogen and oxygen atoms in total. The van der Waals surface area contributed by atoms with E-state index in [1.165, 1.54) is 6.20 Å². The molecule has 0 bridgehead atoms. The van der Waals surface area contributed by atoms with Gasteiger partial charge in [0.2, 0.25) is 11.2 Å². The van der Waals surface area contributed by atoms with Gasteiger partial charge in [-0.05, 0) is 18.2 Å². The summed E-state index contributed by atoms with van der Waals surface area (Å²) in [5, 5.41) is 26.2. The molecular weight excluding hydrogens is 264 g/mol. The number of pyridine rings is 1. The monoisotopic (exact) mass is 275 g/mol. The lowest BCUT2D eigenvalue weighted by atomic mass is 10.1. The van der Waals surface area contributed by atoms with E-state index >= 15 is 0 Å². The lowest BCUT2D eigenvalue weighted by molar-refractivity contribution is -0.564. The van der Waals surface area contributed by atoms with Crippen molar-refractivity contribution in [3.05, 3.63) is 77.3 Å². The first-order valence-corrected chi connectivity index (χ1v) is 6.65. The van der Waals surface area contributed by atoms with Crippen LogP contribution >= 0.6 is 0 Å². The van der Waals surface area contributed by atoms with Gasteiger partial charge < -0.3 is 15.1 Å². The highest BCUT2D eigenvalue weighted by Crippen LogP contribution is 2.29. The molecule has 0 aliphatic rings. The second kappa shape index (κ2) is 4.24. The van der Waals surface area contributed by atoms with Crippen molar-refractivity contribution in [1.82, 2.24) is 4.73 Å². The van der Waals surface area contributed by atoms with Gasteiger partial charge in [0, 0.05) is 34.6 Å². The number of hydrogen-bond donors (Lipinski definition) is 0. The molecule has 4 heteroatoms. The predicted octanol–water partition coefficient (Wildman–Crippen LogP) is 3.44. The van der Waals surface area contributed by atoms with Crippen molar-refractivity contribution < 1.29 is 4.73 Å². The van der Waals surface area contributed by atoms with E-state index in [0.29, 0.717) is 22.3 Å². The van der Waals surface area contributed by atoms with E-state index in [9.17, 15) is 10.4 Å². The number of aromatic nitrogens is 2. The average Bonchev–Trinajstić information content (AvgIpc) is 2.86. The molecule has 4 aromatic rings. The van der Waals surface area contributed by atoms with Crippen molar-refractivity contribution in [1.29, 1.82) is 0 Å². The number of hydrogen-bond acceptors (Lipinski definition) is 2. The highest BCUT2D eigenvalue weighted by molar-refractivity contribution is 5.95. The first-order chi connectivity index (χ1) is 10.3. The van der Waals surface area contributed by atoms with E-state index in [4.69, 9.17) is 0 Å². The van der Waals surface area contributed by atoms with Crippen molar-refractivity contribution in [2.45, 2.75) is 0 Å². The summed E-state index contributed by atoms with van der Waals surface area (Å²) in [4.78, 5) is 0. The van der Waals surface area contributed by atoms with Crippen molar-refractivity contribution in [3.63, 3.8) is 0 Å². The standard InChI is InChI=1S/C17H11N2O2/c20-18-11-14(13-6-2-4-8-16(13)18)17-10-9-12-5-1-3-7-15(12)19(17)21/h1-11H/q-1. The van der Waals surface area contributed by atoms with Crippen LogP contribution in [0.2, 0.25) is 0 Å². The van der Waals surface area contributed by atoms with Gasteiger partial charge in [-0.15, -0.1) is 0 Å². The average molecular weight is 275 g/mol. The molecule has 0 aliphatic carbocycles. The summed E-state index contributed by atoms with van der Waals surface area (Å²) < 4.78 is 1.69. The van der Waals surface area contributed by atoms with Crippen LogP contribution in [0.3, 0.4) is 0 Å². The maximum Gasteiger partial charge on any atom is 0.226 e. The van der Waals surface area contributed by atoms with Crippen LogP contribution in [-0.2, 0) is 0 Å². The van der Waals surface area contributed by atoms with Crippen LogP contribution in [0.15, 0.2) is 66.9 Å². The summed E-state index contributed by atoms with van der Waals surface area (Å²) >= 11 is 0. The van der Waals surface area contributed by atoms with E-state index in [1.54, 1.807) is 18.2 Å². The molecule has 0 saturated heterocycles. The summed E-state index contributed by atoms with van der Waals surface area (Å²) in [5.41, 5.74) is 2.30. The summed E-state index contributed by atoms with van der Waals surface area (Å²) in [7, 11) is 0. The number of benzene rings is 2. The summed E-state index contributed by atoms with van der Waals surface area (Å²) in [6.45, 7) is 0. The number of fused-ring (bicyclic) bond motifs is 2. The minimum absolute atomic E-state index is 0.486. The fraction of sp³-hybridized carbons (Fsp3) is 0. The Labute approximate surface area is 120 Å². The van der Waals surface area contributed by atoms with Crippen LogP contribution in [0, 0.1) is 10.4 Å². The quantitative estimate of drug-likeness (QED) is 0.394. The van der Waals surface area contributed by atoms with Gasteiger partial charge >= 0.3 is 0 Å². The predicted molar refractivity (Wildman–Crippen MR) is 82.6 cm³/mol. The summed E-state index contributed by atoms with van der Waals surface area (Å²) in [5.74, 6) is 0. The third-order valence-electron chi connectivity index (χ3n) is 3.75. The van der Waals surface area contributed by atoms with E-state index in [1.807, 2.05) is 42.5 Å². The Kier molecular flexibility index (Phi) is 2.38. The number of para-hydroxylation sites is 2. The third-order valence-corrected chi connectivity index (χ3v) is 3.75. The van der Waals surface area contributed by atoms with Crippen molar-refractivity contribution in [3.8, 4) is 11.3 Å². The fourth-order valence-electron chi connectivity index (χ4n) is 2.73. The molecule has 0 aliphatic heterocycles. The van der Waals surface area contributed by atoms with Crippen LogP contribution in [-0.4, -0.2) is 4.73 Å². The Bertz CT molecular complexity index is 973. The molecular formula is C17H11N2O2-. The van der Waals surface area contributed by atoms with E-state index in [2.05, 4.69) is 0 Å². The molecule has 0 unspecified atom stereocenters. The highest BCUT2D eigenvalue weighted by Gasteiger charge is 2.16. The molecule has 0 N–H and O–H groups in total. The smallest absolute Gasteiger partial charge is 0.226 e. The number of rotatable bonds is 1. The van der Waals surface area contributed by atoms with Gasteiger partial charge in [0.1, 0.15) is 0 Å².